The second kappa shape index (κ2) is 11.4. The normalized spacial score (nSPS) is 20.2. The highest BCUT2D eigenvalue weighted by Gasteiger charge is 2.66. The van der Waals surface area contributed by atoms with E-state index in [1.54, 1.807) is 48.5 Å². The standard InChI is InChI=1S/C25H22N4O8S/c1-15(30)35-12-18-14-38-24-25(27-28-26,23(34)29(24)20(18)22(32)33)36-13-19(31)37-21(16-8-4-2-5-9-16)17-10-6-3-7-11-17/h2-11,21,24H,12-14H2,1H3,(H,32,33)/t24-,25?/m1/s1. The SMILES string of the molecule is CC(=O)OCC1=C(C(=O)O)N2C(=O)C(N=[N+]=[N-])(OCC(=O)OC(c3ccccc3)c3ccccc3)[C@H]2SC1. The van der Waals surface area contributed by atoms with E-state index in [1.807, 2.05) is 12.1 Å². The summed E-state index contributed by atoms with van der Waals surface area (Å²) in [5.74, 6) is -3.76. The molecule has 2 heterocycles. The van der Waals surface area contributed by atoms with Gasteiger partial charge in [-0.1, -0.05) is 60.7 Å². The Hall–Kier alpha value is -4.32. The van der Waals surface area contributed by atoms with Crippen LogP contribution in [0.2, 0.25) is 0 Å². The Morgan fingerprint density at radius 1 is 1.16 bits per heavy atom. The fraction of sp³-hybridized carbons (Fsp3) is 0.280. The number of carboxylic acids is 1. The molecule has 0 bridgehead atoms. The molecule has 2 aromatic carbocycles. The monoisotopic (exact) mass is 538 g/mol. The highest BCUT2D eigenvalue weighted by atomic mass is 32.2. The van der Waals surface area contributed by atoms with E-state index in [-0.39, 0.29) is 23.6 Å². The zero-order valence-corrected chi connectivity index (χ0v) is 20.9. The first-order chi connectivity index (χ1) is 18.3. The van der Waals surface area contributed by atoms with Gasteiger partial charge in [0.15, 0.2) is 6.10 Å². The molecule has 13 heteroatoms. The molecule has 0 spiro atoms. The van der Waals surface area contributed by atoms with Crippen molar-refractivity contribution in [3.8, 4) is 0 Å². The Balaban J connectivity index is 1.52. The van der Waals surface area contributed by atoms with Gasteiger partial charge in [0, 0.05) is 23.2 Å². The van der Waals surface area contributed by atoms with Crippen molar-refractivity contribution in [2.75, 3.05) is 19.0 Å². The molecule has 1 amide bonds. The lowest BCUT2D eigenvalue weighted by molar-refractivity contribution is -0.193. The first kappa shape index (κ1) is 26.7. The molecule has 4 rings (SSSR count). The van der Waals surface area contributed by atoms with Crippen molar-refractivity contribution < 1.29 is 38.5 Å². The van der Waals surface area contributed by atoms with E-state index in [4.69, 9.17) is 19.7 Å². The number of esters is 2. The van der Waals surface area contributed by atoms with Gasteiger partial charge in [0.1, 0.15) is 24.3 Å². The Morgan fingerprint density at radius 2 is 1.76 bits per heavy atom. The van der Waals surface area contributed by atoms with Crippen molar-refractivity contribution in [3.05, 3.63) is 93.5 Å². The number of carbonyl (C=O) groups excluding carboxylic acids is 3. The summed E-state index contributed by atoms with van der Waals surface area (Å²) in [6, 6.07) is 18.1. The van der Waals surface area contributed by atoms with Crippen LogP contribution in [0.3, 0.4) is 0 Å². The maximum atomic E-state index is 13.1. The summed E-state index contributed by atoms with van der Waals surface area (Å²) < 4.78 is 16.2. The molecule has 1 unspecified atom stereocenters. The Morgan fingerprint density at radius 3 is 2.29 bits per heavy atom. The molecule has 0 aromatic heterocycles. The van der Waals surface area contributed by atoms with E-state index in [9.17, 15) is 24.3 Å². The van der Waals surface area contributed by atoms with Crippen molar-refractivity contribution in [3.63, 3.8) is 0 Å². The number of aliphatic carboxylic acids is 1. The molecule has 196 valence electrons. The number of rotatable bonds is 10. The number of benzene rings is 2. The van der Waals surface area contributed by atoms with E-state index < -0.39 is 47.6 Å². The van der Waals surface area contributed by atoms with Gasteiger partial charge in [-0.3, -0.25) is 14.5 Å². The summed E-state index contributed by atoms with van der Waals surface area (Å²) in [7, 11) is 0. The summed E-state index contributed by atoms with van der Waals surface area (Å²) in [4.78, 5) is 52.8. The van der Waals surface area contributed by atoms with Crippen LogP contribution in [0.5, 0.6) is 0 Å². The molecule has 0 aliphatic carbocycles. The number of hydrogen-bond donors (Lipinski definition) is 1. The van der Waals surface area contributed by atoms with Gasteiger partial charge in [0.25, 0.3) is 11.6 Å². The minimum Gasteiger partial charge on any atom is -0.477 e. The number of fused-ring (bicyclic) bond motifs is 1. The number of amides is 1. The van der Waals surface area contributed by atoms with Crippen molar-refractivity contribution in [1.29, 1.82) is 0 Å². The maximum Gasteiger partial charge on any atom is 0.352 e. The average molecular weight is 539 g/mol. The zero-order valence-electron chi connectivity index (χ0n) is 20.1. The highest BCUT2D eigenvalue weighted by molar-refractivity contribution is 8.00. The van der Waals surface area contributed by atoms with Crippen LogP contribution in [0, 0.1) is 0 Å². The number of thioether (sulfide) groups is 1. The molecule has 12 nitrogen and oxygen atoms in total. The zero-order chi connectivity index (χ0) is 27.3. The number of nitrogens with zero attached hydrogens (tertiary/aromatic N) is 4. The van der Waals surface area contributed by atoms with Crippen LogP contribution in [0.25, 0.3) is 10.4 Å². The largest absolute Gasteiger partial charge is 0.477 e. The molecule has 2 aliphatic heterocycles. The summed E-state index contributed by atoms with van der Waals surface area (Å²) in [6.45, 7) is 0.120. The molecule has 1 fully saturated rings. The molecule has 1 saturated heterocycles. The van der Waals surface area contributed by atoms with Gasteiger partial charge < -0.3 is 19.3 Å². The Labute approximate surface area is 220 Å². The molecular formula is C25H22N4O8S. The first-order valence-corrected chi connectivity index (χ1v) is 12.4. The van der Waals surface area contributed by atoms with Crippen LogP contribution in [0.1, 0.15) is 24.2 Å². The lowest BCUT2D eigenvalue weighted by Gasteiger charge is -2.54. The van der Waals surface area contributed by atoms with Crippen molar-refractivity contribution in [1.82, 2.24) is 4.90 Å². The molecule has 0 radical (unpaired) electrons. The third-order valence-electron chi connectivity index (χ3n) is 5.80. The van der Waals surface area contributed by atoms with Gasteiger partial charge in [0.05, 0.1) is 0 Å². The van der Waals surface area contributed by atoms with E-state index >= 15 is 0 Å². The number of hydrogen-bond acceptors (Lipinski definition) is 9. The topological polar surface area (TPSA) is 168 Å². The molecular weight excluding hydrogens is 516 g/mol. The Bertz CT molecular complexity index is 1290. The van der Waals surface area contributed by atoms with Crippen molar-refractivity contribution in [2.24, 2.45) is 5.11 Å². The number of β-lactam (4-membered cyclic amide) rings is 1. The van der Waals surface area contributed by atoms with Crippen LogP contribution in [-0.2, 0) is 33.4 Å². The second-order valence-electron chi connectivity index (χ2n) is 8.24. The molecule has 1 N–H and O–H groups in total. The minimum atomic E-state index is -2.15. The molecule has 2 atom stereocenters. The fourth-order valence-corrected chi connectivity index (χ4v) is 5.48. The minimum absolute atomic E-state index is 0.0595. The first-order valence-electron chi connectivity index (χ1n) is 11.3. The predicted molar refractivity (Wildman–Crippen MR) is 133 cm³/mol. The quantitative estimate of drug-likeness (QED) is 0.157. The van der Waals surface area contributed by atoms with E-state index in [0.717, 1.165) is 16.7 Å². The number of carboxylic acid groups (broad SMARTS) is 1. The van der Waals surface area contributed by atoms with Crippen molar-refractivity contribution >= 4 is 35.6 Å². The van der Waals surface area contributed by atoms with Gasteiger partial charge >= 0.3 is 17.9 Å². The summed E-state index contributed by atoms with van der Waals surface area (Å²) in [6.07, 6.45) is -0.757. The number of ether oxygens (including phenoxy) is 3. The summed E-state index contributed by atoms with van der Waals surface area (Å²) in [5, 5.41) is 12.2. The number of azide groups is 1. The smallest absolute Gasteiger partial charge is 0.352 e. The Kier molecular flexibility index (Phi) is 8.01. The van der Waals surface area contributed by atoms with Crippen LogP contribution < -0.4 is 0 Å². The van der Waals surface area contributed by atoms with Crippen molar-refractivity contribution in [2.45, 2.75) is 24.1 Å². The lowest BCUT2D eigenvalue weighted by atomic mass is 9.99. The van der Waals surface area contributed by atoms with Gasteiger partial charge in [-0.2, -0.15) is 0 Å². The van der Waals surface area contributed by atoms with E-state index in [2.05, 4.69) is 10.0 Å². The molecule has 2 aromatic rings. The molecule has 0 saturated carbocycles. The van der Waals surface area contributed by atoms with Crippen LogP contribution in [0.4, 0.5) is 0 Å². The molecule has 2 aliphatic rings. The van der Waals surface area contributed by atoms with E-state index in [0.29, 0.717) is 11.1 Å². The second-order valence-corrected chi connectivity index (χ2v) is 9.31. The summed E-state index contributed by atoms with van der Waals surface area (Å²) in [5.41, 5.74) is 8.23. The maximum absolute atomic E-state index is 13.1. The fourth-order valence-electron chi connectivity index (χ4n) is 4.11. The van der Waals surface area contributed by atoms with Crippen LogP contribution >= 0.6 is 11.8 Å². The van der Waals surface area contributed by atoms with Crippen LogP contribution in [0.15, 0.2) is 77.0 Å². The average Bonchev–Trinajstić information content (AvgIpc) is 2.92. The van der Waals surface area contributed by atoms with E-state index in [1.165, 1.54) is 6.92 Å². The highest BCUT2D eigenvalue weighted by Crippen LogP contribution is 2.49. The van der Waals surface area contributed by atoms with Gasteiger partial charge in [-0.15, -0.1) is 11.8 Å². The van der Waals surface area contributed by atoms with Crippen LogP contribution in [-0.4, -0.2) is 63.9 Å². The number of carbonyl (C=O) groups is 4. The van der Waals surface area contributed by atoms with Gasteiger partial charge in [0.2, 0.25) is 0 Å². The third-order valence-corrected chi connectivity index (χ3v) is 7.16. The molecule has 38 heavy (non-hydrogen) atoms. The lowest BCUT2D eigenvalue weighted by Crippen LogP contribution is -2.74. The third kappa shape index (κ3) is 5.21. The van der Waals surface area contributed by atoms with Gasteiger partial charge in [-0.25, -0.2) is 9.59 Å². The predicted octanol–water partition coefficient (Wildman–Crippen LogP) is 3.16. The summed E-state index contributed by atoms with van der Waals surface area (Å²) >= 11 is 1.05. The van der Waals surface area contributed by atoms with Gasteiger partial charge in [-0.05, 0) is 21.8 Å².